The van der Waals surface area contributed by atoms with Gasteiger partial charge in [0, 0.05) is 6.42 Å². The van der Waals surface area contributed by atoms with Gasteiger partial charge in [-0.25, -0.2) is 0 Å². The minimum atomic E-state index is -0.125. The van der Waals surface area contributed by atoms with Gasteiger partial charge in [-0.15, -0.1) is 6.58 Å². The normalized spacial score (nSPS) is 34.6. The lowest BCUT2D eigenvalue weighted by molar-refractivity contribution is -0.132. The fourth-order valence-corrected chi connectivity index (χ4v) is 2.82. The van der Waals surface area contributed by atoms with E-state index < -0.39 is 0 Å². The average Bonchev–Trinajstić information content (AvgIpc) is 2.51. The summed E-state index contributed by atoms with van der Waals surface area (Å²) in [5.74, 6) is 0.455. The molecule has 0 saturated carbocycles. The Bertz CT molecular complexity index is 236. The highest BCUT2D eigenvalue weighted by molar-refractivity contribution is 5.89. The van der Waals surface area contributed by atoms with Gasteiger partial charge in [-0.1, -0.05) is 6.08 Å². The second kappa shape index (κ2) is 3.26. The maximum atomic E-state index is 11.9. The van der Waals surface area contributed by atoms with Crippen molar-refractivity contribution in [3.63, 3.8) is 0 Å². The highest BCUT2D eigenvalue weighted by Gasteiger charge is 2.47. The number of carbonyl (C=O) groups is 1. The molecule has 2 fully saturated rings. The summed E-state index contributed by atoms with van der Waals surface area (Å²) in [5.41, 5.74) is -0.125. The van der Waals surface area contributed by atoms with Gasteiger partial charge in [-0.2, -0.15) is 0 Å². The Labute approximate surface area is 79.6 Å². The van der Waals surface area contributed by atoms with Crippen LogP contribution in [0, 0.1) is 0 Å². The molecule has 72 valence electrons. The van der Waals surface area contributed by atoms with Gasteiger partial charge in [-0.3, -0.25) is 9.69 Å². The molecule has 2 heterocycles. The summed E-state index contributed by atoms with van der Waals surface area (Å²) in [7, 11) is 0. The summed E-state index contributed by atoms with van der Waals surface area (Å²) in [5, 5.41) is 0. The van der Waals surface area contributed by atoms with Crippen molar-refractivity contribution in [3.05, 3.63) is 12.7 Å². The Morgan fingerprint density at radius 1 is 1.46 bits per heavy atom. The van der Waals surface area contributed by atoms with Gasteiger partial charge in [0.25, 0.3) is 0 Å². The van der Waals surface area contributed by atoms with Crippen molar-refractivity contribution in [2.45, 2.75) is 37.6 Å². The molecule has 0 aromatic heterocycles. The third-order valence-corrected chi connectivity index (χ3v) is 3.46. The molecule has 2 aliphatic heterocycles. The Morgan fingerprint density at radius 2 is 2.23 bits per heavy atom. The van der Waals surface area contributed by atoms with Crippen LogP contribution < -0.4 is 0 Å². The van der Waals surface area contributed by atoms with Gasteiger partial charge >= 0.3 is 0 Å². The van der Waals surface area contributed by atoms with Gasteiger partial charge in [0.2, 0.25) is 0 Å². The molecular formula is C11H17NO. The van der Waals surface area contributed by atoms with Crippen LogP contribution in [0.2, 0.25) is 0 Å². The van der Waals surface area contributed by atoms with E-state index in [9.17, 15) is 4.79 Å². The molecule has 2 saturated heterocycles. The first-order chi connectivity index (χ1) is 6.29. The van der Waals surface area contributed by atoms with E-state index in [1.807, 2.05) is 6.08 Å². The van der Waals surface area contributed by atoms with Gasteiger partial charge in [0.15, 0.2) is 5.78 Å². The van der Waals surface area contributed by atoms with Crippen LogP contribution in [0.4, 0.5) is 0 Å². The largest absolute Gasteiger partial charge is 0.298 e. The number of piperidine rings is 1. The molecule has 0 aliphatic carbocycles. The summed E-state index contributed by atoms with van der Waals surface area (Å²) in [6.07, 6.45) is 6.83. The van der Waals surface area contributed by atoms with E-state index in [1.165, 1.54) is 6.42 Å². The zero-order valence-corrected chi connectivity index (χ0v) is 8.09. The first-order valence-electron chi connectivity index (χ1n) is 5.19. The molecule has 2 nitrogen and oxygen atoms in total. The van der Waals surface area contributed by atoms with E-state index in [0.29, 0.717) is 5.78 Å². The standard InChI is InChI=1S/C11H17NO/c1-2-6-11-7-4-9-12(11)8-3-5-10(11)13/h2H,1,3-9H2/t11-/m0/s1. The molecule has 0 bridgehead atoms. The molecule has 0 spiro atoms. The second-order valence-electron chi connectivity index (χ2n) is 4.14. The summed E-state index contributed by atoms with van der Waals surface area (Å²) >= 11 is 0. The minimum absolute atomic E-state index is 0.125. The minimum Gasteiger partial charge on any atom is -0.298 e. The molecule has 13 heavy (non-hydrogen) atoms. The van der Waals surface area contributed by atoms with Gasteiger partial charge in [-0.05, 0) is 38.8 Å². The number of hydrogen-bond donors (Lipinski definition) is 0. The molecule has 0 radical (unpaired) electrons. The van der Waals surface area contributed by atoms with E-state index in [1.54, 1.807) is 0 Å². The van der Waals surface area contributed by atoms with Crippen LogP contribution in [-0.4, -0.2) is 29.3 Å². The van der Waals surface area contributed by atoms with Gasteiger partial charge in [0.05, 0.1) is 5.54 Å². The Morgan fingerprint density at radius 3 is 3.00 bits per heavy atom. The molecule has 0 unspecified atom stereocenters. The first-order valence-corrected chi connectivity index (χ1v) is 5.19. The van der Waals surface area contributed by atoms with E-state index in [4.69, 9.17) is 0 Å². The van der Waals surface area contributed by atoms with Gasteiger partial charge < -0.3 is 0 Å². The highest BCUT2D eigenvalue weighted by Crippen LogP contribution is 2.37. The van der Waals surface area contributed by atoms with Crippen LogP contribution in [0.3, 0.4) is 0 Å². The lowest BCUT2D eigenvalue weighted by atomic mass is 9.82. The predicted octanol–water partition coefficient (Wildman–Crippen LogP) is 1.76. The Kier molecular flexibility index (Phi) is 2.24. The zero-order valence-electron chi connectivity index (χ0n) is 8.09. The van der Waals surface area contributed by atoms with Crippen molar-refractivity contribution < 1.29 is 4.79 Å². The summed E-state index contributed by atoms with van der Waals surface area (Å²) in [6, 6.07) is 0. The lowest BCUT2D eigenvalue weighted by Gasteiger charge is -2.40. The SMILES string of the molecule is C=CC[C@@]12CCCN1CCCC2=O. The van der Waals surface area contributed by atoms with Crippen LogP contribution in [0.25, 0.3) is 0 Å². The number of Topliss-reactive ketones (excluding diaryl/α,β-unsaturated/α-hetero) is 1. The van der Waals surface area contributed by atoms with Crippen LogP contribution in [0.5, 0.6) is 0 Å². The molecule has 0 aromatic carbocycles. The number of carbonyl (C=O) groups excluding carboxylic acids is 1. The highest BCUT2D eigenvalue weighted by atomic mass is 16.1. The van der Waals surface area contributed by atoms with E-state index in [0.717, 1.165) is 38.8 Å². The quantitative estimate of drug-likeness (QED) is 0.602. The molecule has 0 amide bonds. The molecular weight excluding hydrogens is 162 g/mol. The molecule has 0 N–H and O–H groups in total. The third kappa shape index (κ3) is 1.24. The van der Waals surface area contributed by atoms with Gasteiger partial charge in [0.1, 0.15) is 0 Å². The smallest absolute Gasteiger partial charge is 0.153 e. The van der Waals surface area contributed by atoms with Crippen LogP contribution in [0.15, 0.2) is 12.7 Å². The Hall–Kier alpha value is -0.630. The number of fused-ring (bicyclic) bond motifs is 1. The first kappa shape index (κ1) is 8.95. The zero-order chi connectivity index (χ0) is 9.31. The maximum absolute atomic E-state index is 11.9. The lowest BCUT2D eigenvalue weighted by Crippen LogP contribution is -2.53. The van der Waals surface area contributed by atoms with Crippen molar-refractivity contribution in [2.75, 3.05) is 13.1 Å². The van der Waals surface area contributed by atoms with Crippen molar-refractivity contribution >= 4 is 5.78 Å². The second-order valence-corrected chi connectivity index (χ2v) is 4.14. The predicted molar refractivity (Wildman–Crippen MR) is 52.6 cm³/mol. The molecule has 1 atom stereocenters. The maximum Gasteiger partial charge on any atom is 0.153 e. The summed E-state index contributed by atoms with van der Waals surface area (Å²) in [4.78, 5) is 14.3. The third-order valence-electron chi connectivity index (χ3n) is 3.46. The fraction of sp³-hybridized carbons (Fsp3) is 0.727. The Balaban J connectivity index is 2.25. The molecule has 0 aromatic rings. The number of nitrogens with zero attached hydrogens (tertiary/aromatic N) is 1. The van der Waals surface area contributed by atoms with Crippen molar-refractivity contribution in [1.29, 1.82) is 0 Å². The molecule has 2 rings (SSSR count). The van der Waals surface area contributed by atoms with E-state index in [-0.39, 0.29) is 5.54 Å². The molecule has 2 aliphatic rings. The van der Waals surface area contributed by atoms with Crippen LogP contribution >= 0.6 is 0 Å². The summed E-state index contributed by atoms with van der Waals surface area (Å²) in [6.45, 7) is 5.99. The topological polar surface area (TPSA) is 20.3 Å². The van der Waals surface area contributed by atoms with E-state index >= 15 is 0 Å². The van der Waals surface area contributed by atoms with E-state index in [2.05, 4.69) is 11.5 Å². The van der Waals surface area contributed by atoms with Crippen LogP contribution in [0.1, 0.15) is 32.1 Å². The average molecular weight is 179 g/mol. The fourth-order valence-electron chi connectivity index (χ4n) is 2.82. The number of hydrogen-bond acceptors (Lipinski definition) is 2. The van der Waals surface area contributed by atoms with Crippen LogP contribution in [-0.2, 0) is 4.79 Å². The van der Waals surface area contributed by atoms with Crippen molar-refractivity contribution in [2.24, 2.45) is 0 Å². The summed E-state index contributed by atoms with van der Waals surface area (Å²) < 4.78 is 0. The molecule has 2 heteroatoms. The monoisotopic (exact) mass is 179 g/mol. The van der Waals surface area contributed by atoms with Crippen molar-refractivity contribution in [1.82, 2.24) is 4.90 Å². The number of rotatable bonds is 2. The number of ketones is 1. The van der Waals surface area contributed by atoms with Crippen molar-refractivity contribution in [3.8, 4) is 0 Å².